The van der Waals surface area contributed by atoms with E-state index in [1.54, 1.807) is 6.92 Å². The van der Waals surface area contributed by atoms with Crippen molar-refractivity contribution in [3.05, 3.63) is 35.5 Å². The third-order valence-corrected chi connectivity index (χ3v) is 6.88. The van der Waals surface area contributed by atoms with E-state index in [9.17, 15) is 4.79 Å². The number of hydrogen-bond acceptors (Lipinski definition) is 3. The highest BCUT2D eigenvalue weighted by Gasteiger charge is 2.67. The number of hydroxylamine groups is 2. The molecule has 118 valence electrons. The molecule has 2 aromatic rings. The highest BCUT2D eigenvalue weighted by Crippen LogP contribution is 2.61. The van der Waals surface area contributed by atoms with Crippen LogP contribution in [0.5, 0.6) is 0 Å². The summed E-state index contributed by atoms with van der Waals surface area (Å²) >= 11 is 0. The molecule has 4 nitrogen and oxygen atoms in total. The van der Waals surface area contributed by atoms with Crippen LogP contribution in [0.1, 0.15) is 36.9 Å². The predicted molar refractivity (Wildman–Crippen MR) is 85.9 cm³/mol. The van der Waals surface area contributed by atoms with Gasteiger partial charge in [-0.05, 0) is 43.7 Å². The molecule has 3 heterocycles. The molecule has 3 bridgehead atoms. The maximum atomic E-state index is 12.5. The number of nitrogens with zero attached hydrogens (tertiary/aromatic N) is 1. The minimum atomic E-state index is -0.550. The smallest absolute Gasteiger partial charge is 0.164 e. The van der Waals surface area contributed by atoms with Gasteiger partial charge in [-0.1, -0.05) is 18.2 Å². The molecule has 2 aliphatic carbocycles. The van der Waals surface area contributed by atoms with Crippen LogP contribution in [0, 0.1) is 11.8 Å². The van der Waals surface area contributed by atoms with Crippen molar-refractivity contribution in [1.29, 1.82) is 0 Å². The van der Waals surface area contributed by atoms with Gasteiger partial charge in [0.15, 0.2) is 11.4 Å². The van der Waals surface area contributed by atoms with Crippen molar-refractivity contribution in [3.63, 3.8) is 0 Å². The molecule has 0 spiro atoms. The van der Waals surface area contributed by atoms with Crippen molar-refractivity contribution in [2.24, 2.45) is 11.8 Å². The zero-order chi connectivity index (χ0) is 15.3. The minimum Gasteiger partial charge on any atom is -0.358 e. The molecule has 1 N–H and O–H groups in total. The zero-order valence-electron chi connectivity index (χ0n) is 13.2. The summed E-state index contributed by atoms with van der Waals surface area (Å²) < 4.78 is 0. The molecular formula is C19H20N2O2. The van der Waals surface area contributed by atoms with Gasteiger partial charge in [0.2, 0.25) is 0 Å². The first-order chi connectivity index (χ1) is 11.2. The van der Waals surface area contributed by atoms with Crippen molar-refractivity contribution in [1.82, 2.24) is 10.0 Å². The number of H-pyrrole nitrogens is 1. The van der Waals surface area contributed by atoms with Crippen LogP contribution in [0.25, 0.3) is 10.9 Å². The van der Waals surface area contributed by atoms with Crippen molar-refractivity contribution in [3.8, 4) is 0 Å². The van der Waals surface area contributed by atoms with Gasteiger partial charge in [0.25, 0.3) is 0 Å². The van der Waals surface area contributed by atoms with E-state index < -0.39 is 5.60 Å². The van der Waals surface area contributed by atoms with Crippen LogP contribution in [0.15, 0.2) is 24.3 Å². The van der Waals surface area contributed by atoms with Gasteiger partial charge in [-0.2, -0.15) is 5.06 Å². The maximum absolute atomic E-state index is 12.5. The molecule has 0 amide bonds. The monoisotopic (exact) mass is 308 g/mol. The van der Waals surface area contributed by atoms with Gasteiger partial charge in [0, 0.05) is 41.0 Å². The molecule has 1 aromatic carbocycles. The van der Waals surface area contributed by atoms with E-state index in [2.05, 4.69) is 34.3 Å². The largest absolute Gasteiger partial charge is 0.358 e. The molecule has 6 atom stereocenters. The lowest BCUT2D eigenvalue weighted by Gasteiger charge is -2.46. The first kappa shape index (κ1) is 12.7. The zero-order valence-corrected chi connectivity index (χ0v) is 13.2. The summed E-state index contributed by atoms with van der Waals surface area (Å²) in [5.41, 5.74) is 3.53. The second-order valence-electron chi connectivity index (χ2n) is 7.91. The number of fused-ring (bicyclic) bond motifs is 7. The Hall–Kier alpha value is -1.65. The molecule has 1 unspecified atom stereocenters. The molecule has 4 aliphatic rings. The number of para-hydroxylation sites is 1. The second-order valence-corrected chi connectivity index (χ2v) is 7.91. The maximum Gasteiger partial charge on any atom is 0.164 e. The van der Waals surface area contributed by atoms with Crippen LogP contribution >= 0.6 is 0 Å². The van der Waals surface area contributed by atoms with Crippen molar-refractivity contribution in [2.45, 2.75) is 43.7 Å². The molecule has 6 rings (SSSR count). The molecule has 23 heavy (non-hydrogen) atoms. The Bertz CT molecular complexity index is 856. The first-order valence-corrected chi connectivity index (χ1v) is 8.73. The summed E-state index contributed by atoms with van der Waals surface area (Å²) in [4.78, 5) is 22.5. The number of Topliss-reactive ketones (excluding diaryl/α,β-unsaturated/α-hetero) is 1. The van der Waals surface area contributed by atoms with E-state index in [0.717, 1.165) is 19.4 Å². The average molecular weight is 308 g/mol. The number of carbonyl (C=O) groups excluding carboxylic acids is 1. The fourth-order valence-electron chi connectivity index (χ4n) is 6.11. The highest BCUT2D eigenvalue weighted by molar-refractivity contribution is 5.88. The second kappa shape index (κ2) is 3.87. The van der Waals surface area contributed by atoms with E-state index in [4.69, 9.17) is 4.84 Å². The molecule has 2 saturated heterocycles. The van der Waals surface area contributed by atoms with Crippen molar-refractivity contribution >= 4 is 16.7 Å². The Morgan fingerprint density at radius 1 is 1.39 bits per heavy atom. The van der Waals surface area contributed by atoms with E-state index >= 15 is 0 Å². The van der Waals surface area contributed by atoms with Crippen LogP contribution in [-0.2, 0) is 16.1 Å². The van der Waals surface area contributed by atoms with Crippen molar-refractivity contribution in [2.75, 3.05) is 6.54 Å². The SMILES string of the molecule is CC(=O)[C@]12C[C@H]3C[C@H]4c5[nH]c6ccccc6c5C[C@H]([C@H]41)N(C3)O2. The third kappa shape index (κ3) is 1.35. The number of benzene rings is 1. The standard InChI is InChI=1S/C19H20N2O2/c1-10(22)19-8-11-6-14-17(19)16(21(9-11)23-19)7-13-12-4-2-3-5-15(12)20-18(13)14/h2-5,11,14,16-17,20H,6-9H2,1H3/t11-,14-,16-,17+,19-/m1/s1. The fourth-order valence-corrected chi connectivity index (χ4v) is 6.11. The van der Waals surface area contributed by atoms with Crippen LogP contribution < -0.4 is 0 Å². The Labute approximate surface area is 134 Å². The van der Waals surface area contributed by atoms with Gasteiger partial charge < -0.3 is 4.98 Å². The molecule has 3 fully saturated rings. The number of nitrogens with one attached hydrogen (secondary N) is 1. The number of carbonyl (C=O) groups is 1. The average Bonchev–Trinajstić information content (AvgIpc) is 3.00. The lowest BCUT2D eigenvalue weighted by molar-refractivity contribution is -0.245. The minimum absolute atomic E-state index is 0.226. The number of aromatic amines is 1. The van der Waals surface area contributed by atoms with Gasteiger partial charge in [0.05, 0.1) is 0 Å². The highest BCUT2D eigenvalue weighted by atomic mass is 16.7. The molecule has 4 heteroatoms. The molecule has 1 aromatic heterocycles. The quantitative estimate of drug-likeness (QED) is 0.881. The van der Waals surface area contributed by atoms with Crippen LogP contribution in [0.4, 0.5) is 0 Å². The number of hydrogen-bond donors (Lipinski definition) is 1. The third-order valence-electron chi connectivity index (χ3n) is 6.88. The Morgan fingerprint density at radius 2 is 2.26 bits per heavy atom. The Morgan fingerprint density at radius 3 is 3.13 bits per heavy atom. The van der Waals surface area contributed by atoms with E-state index in [0.29, 0.717) is 23.8 Å². The summed E-state index contributed by atoms with van der Waals surface area (Å²) in [6, 6.07) is 8.97. The number of ketones is 1. The lowest BCUT2D eigenvalue weighted by Crippen LogP contribution is -2.54. The number of rotatable bonds is 1. The van der Waals surface area contributed by atoms with Crippen LogP contribution in [-0.4, -0.2) is 34.0 Å². The van der Waals surface area contributed by atoms with Crippen molar-refractivity contribution < 1.29 is 9.63 Å². The van der Waals surface area contributed by atoms with Gasteiger partial charge in [0.1, 0.15) is 0 Å². The van der Waals surface area contributed by atoms with E-state index in [1.165, 1.54) is 28.6 Å². The summed E-state index contributed by atoms with van der Waals surface area (Å²) in [5, 5.41) is 3.52. The van der Waals surface area contributed by atoms with E-state index in [-0.39, 0.29) is 5.78 Å². The Kier molecular flexibility index (Phi) is 2.14. The summed E-state index contributed by atoms with van der Waals surface area (Å²) in [6.45, 7) is 2.72. The Balaban J connectivity index is 1.61. The van der Waals surface area contributed by atoms with Crippen LogP contribution in [0.2, 0.25) is 0 Å². The normalized spacial score (nSPS) is 42.9. The van der Waals surface area contributed by atoms with Gasteiger partial charge >= 0.3 is 0 Å². The molecular weight excluding hydrogens is 288 g/mol. The first-order valence-electron chi connectivity index (χ1n) is 8.73. The predicted octanol–water partition coefficient (Wildman–Crippen LogP) is 2.79. The van der Waals surface area contributed by atoms with Gasteiger partial charge in [-0.25, -0.2) is 0 Å². The molecule has 2 aliphatic heterocycles. The lowest BCUT2D eigenvalue weighted by atomic mass is 9.59. The number of aromatic nitrogens is 1. The summed E-state index contributed by atoms with van der Waals surface area (Å²) in [5.74, 6) is 1.56. The molecule has 1 saturated carbocycles. The van der Waals surface area contributed by atoms with Crippen LogP contribution in [0.3, 0.4) is 0 Å². The summed E-state index contributed by atoms with van der Waals surface area (Å²) in [7, 11) is 0. The van der Waals surface area contributed by atoms with Gasteiger partial charge in [-0.15, -0.1) is 0 Å². The molecule has 0 radical (unpaired) electrons. The van der Waals surface area contributed by atoms with Gasteiger partial charge in [-0.3, -0.25) is 9.63 Å². The topological polar surface area (TPSA) is 45.3 Å². The fraction of sp³-hybridized carbons (Fsp3) is 0.526. The van der Waals surface area contributed by atoms with E-state index in [1.807, 2.05) is 0 Å². The summed E-state index contributed by atoms with van der Waals surface area (Å²) in [6.07, 6.45) is 3.12.